The Labute approximate surface area is 131 Å². The molecule has 1 heterocycles. The Morgan fingerprint density at radius 1 is 1.15 bits per heavy atom. The summed E-state index contributed by atoms with van der Waals surface area (Å²) in [5.41, 5.74) is 0.797. The Bertz CT molecular complexity index is 568. The van der Waals surface area contributed by atoms with Crippen molar-refractivity contribution in [2.45, 2.75) is 20.0 Å². The molecule has 0 bridgehead atoms. The summed E-state index contributed by atoms with van der Waals surface area (Å²) in [7, 11) is 0. The van der Waals surface area contributed by atoms with E-state index in [-0.39, 0.29) is 0 Å². The topological polar surface area (TPSA) is 38.7 Å². The number of thiophene rings is 1. The summed E-state index contributed by atoms with van der Waals surface area (Å²) in [6.45, 7) is 5.00. The van der Waals surface area contributed by atoms with Gasteiger partial charge in [0.15, 0.2) is 11.5 Å². The van der Waals surface area contributed by atoms with Gasteiger partial charge in [0.25, 0.3) is 0 Å². The van der Waals surface area contributed by atoms with E-state index in [9.17, 15) is 5.11 Å². The fourth-order valence-corrected chi connectivity index (χ4v) is 3.33. The van der Waals surface area contributed by atoms with Crippen LogP contribution >= 0.6 is 27.3 Å². The van der Waals surface area contributed by atoms with Gasteiger partial charge in [-0.15, -0.1) is 11.3 Å². The van der Waals surface area contributed by atoms with E-state index in [1.165, 1.54) is 11.3 Å². The van der Waals surface area contributed by atoms with Crippen molar-refractivity contribution in [2.24, 2.45) is 0 Å². The molecule has 1 aromatic heterocycles. The summed E-state index contributed by atoms with van der Waals surface area (Å²) in [6, 6.07) is 7.47. The second kappa shape index (κ2) is 7.11. The highest BCUT2D eigenvalue weighted by Crippen LogP contribution is 2.35. The fourth-order valence-electron chi connectivity index (χ4n) is 1.87. The van der Waals surface area contributed by atoms with Crippen LogP contribution in [0.3, 0.4) is 0 Å². The van der Waals surface area contributed by atoms with E-state index in [0.717, 1.165) is 14.9 Å². The van der Waals surface area contributed by atoms with Gasteiger partial charge in [-0.05, 0) is 53.5 Å². The molecular formula is C15H17BrO3S. The standard InChI is InChI=1S/C15H17BrO3S/c1-3-18-12-6-5-10(7-13(12)19-4-2)15(17)14-8-11(16)9-20-14/h5-9,15,17H,3-4H2,1-2H3. The molecule has 0 aliphatic heterocycles. The second-order valence-corrected chi connectivity index (χ2v) is 6.00. The maximum atomic E-state index is 10.4. The third-order valence-electron chi connectivity index (χ3n) is 2.74. The molecule has 0 saturated heterocycles. The highest BCUT2D eigenvalue weighted by molar-refractivity contribution is 9.10. The maximum Gasteiger partial charge on any atom is 0.161 e. The molecule has 1 atom stereocenters. The van der Waals surface area contributed by atoms with Crippen LogP contribution < -0.4 is 9.47 Å². The third kappa shape index (κ3) is 3.53. The number of halogens is 1. The predicted octanol–water partition coefficient (Wildman–Crippen LogP) is 4.39. The van der Waals surface area contributed by atoms with Crippen molar-refractivity contribution in [1.29, 1.82) is 0 Å². The number of rotatable bonds is 6. The first-order valence-corrected chi connectivity index (χ1v) is 8.14. The smallest absolute Gasteiger partial charge is 0.161 e. The van der Waals surface area contributed by atoms with E-state index in [1.807, 2.05) is 43.5 Å². The van der Waals surface area contributed by atoms with Gasteiger partial charge < -0.3 is 14.6 Å². The molecule has 0 spiro atoms. The summed E-state index contributed by atoms with van der Waals surface area (Å²) in [5.74, 6) is 1.37. The summed E-state index contributed by atoms with van der Waals surface area (Å²) in [6.07, 6.45) is -0.652. The zero-order chi connectivity index (χ0) is 14.5. The summed E-state index contributed by atoms with van der Waals surface area (Å²) < 4.78 is 12.1. The van der Waals surface area contributed by atoms with E-state index in [4.69, 9.17) is 9.47 Å². The molecule has 108 valence electrons. The van der Waals surface area contributed by atoms with Crippen LogP contribution in [-0.4, -0.2) is 18.3 Å². The first-order valence-electron chi connectivity index (χ1n) is 6.47. The Hall–Kier alpha value is -1.04. The first-order chi connectivity index (χ1) is 9.65. The van der Waals surface area contributed by atoms with Crippen LogP contribution in [0.15, 0.2) is 34.1 Å². The van der Waals surface area contributed by atoms with Gasteiger partial charge in [-0.25, -0.2) is 0 Å². The van der Waals surface area contributed by atoms with Crippen molar-refractivity contribution < 1.29 is 14.6 Å². The van der Waals surface area contributed by atoms with Crippen molar-refractivity contribution in [3.63, 3.8) is 0 Å². The molecule has 0 radical (unpaired) electrons. The Morgan fingerprint density at radius 3 is 2.45 bits per heavy atom. The van der Waals surface area contributed by atoms with Gasteiger partial charge in [-0.2, -0.15) is 0 Å². The van der Waals surface area contributed by atoms with Crippen LogP contribution in [-0.2, 0) is 0 Å². The maximum absolute atomic E-state index is 10.4. The highest BCUT2D eigenvalue weighted by atomic mass is 79.9. The molecule has 1 aromatic carbocycles. The van der Waals surface area contributed by atoms with Crippen molar-refractivity contribution in [1.82, 2.24) is 0 Å². The number of ether oxygens (including phenoxy) is 2. The van der Waals surface area contributed by atoms with E-state index in [2.05, 4.69) is 15.9 Å². The number of aliphatic hydroxyl groups excluding tert-OH is 1. The molecule has 2 rings (SSSR count). The lowest BCUT2D eigenvalue weighted by Crippen LogP contribution is -2.02. The molecule has 0 saturated carbocycles. The first kappa shape index (κ1) is 15.4. The molecule has 1 N–H and O–H groups in total. The van der Waals surface area contributed by atoms with Crippen molar-refractivity contribution in [3.8, 4) is 11.5 Å². The van der Waals surface area contributed by atoms with Gasteiger partial charge in [0.05, 0.1) is 13.2 Å². The quantitative estimate of drug-likeness (QED) is 0.833. The number of hydrogen-bond donors (Lipinski definition) is 1. The minimum Gasteiger partial charge on any atom is -0.490 e. The zero-order valence-electron chi connectivity index (χ0n) is 11.4. The highest BCUT2D eigenvalue weighted by Gasteiger charge is 2.15. The predicted molar refractivity (Wildman–Crippen MR) is 84.9 cm³/mol. The molecule has 3 nitrogen and oxygen atoms in total. The number of benzene rings is 1. The molecule has 20 heavy (non-hydrogen) atoms. The van der Waals surface area contributed by atoms with Crippen LogP contribution in [0.25, 0.3) is 0 Å². The van der Waals surface area contributed by atoms with Crippen LogP contribution in [0.4, 0.5) is 0 Å². The third-order valence-corrected chi connectivity index (χ3v) is 4.49. The van der Waals surface area contributed by atoms with Crippen molar-refractivity contribution in [3.05, 3.63) is 44.6 Å². The SMILES string of the molecule is CCOc1ccc(C(O)c2cc(Br)cs2)cc1OCC. The molecule has 1 unspecified atom stereocenters. The summed E-state index contributed by atoms with van der Waals surface area (Å²) in [5, 5.41) is 12.4. The Morgan fingerprint density at radius 2 is 1.85 bits per heavy atom. The van der Waals surface area contributed by atoms with Gasteiger partial charge in [0.1, 0.15) is 6.10 Å². The zero-order valence-corrected chi connectivity index (χ0v) is 13.8. The van der Waals surface area contributed by atoms with Crippen LogP contribution in [0.5, 0.6) is 11.5 Å². The number of hydrogen-bond acceptors (Lipinski definition) is 4. The van der Waals surface area contributed by atoms with E-state index in [1.54, 1.807) is 0 Å². The van der Waals surface area contributed by atoms with Gasteiger partial charge in [-0.3, -0.25) is 0 Å². The van der Waals surface area contributed by atoms with Crippen LogP contribution in [0.2, 0.25) is 0 Å². The van der Waals surface area contributed by atoms with Crippen molar-refractivity contribution >= 4 is 27.3 Å². The molecule has 0 aliphatic carbocycles. The molecule has 0 fully saturated rings. The van der Waals surface area contributed by atoms with E-state index >= 15 is 0 Å². The average molecular weight is 357 g/mol. The van der Waals surface area contributed by atoms with Gasteiger partial charge in [0, 0.05) is 14.7 Å². The van der Waals surface area contributed by atoms with Gasteiger partial charge in [0.2, 0.25) is 0 Å². The second-order valence-electron chi connectivity index (χ2n) is 4.14. The van der Waals surface area contributed by atoms with E-state index in [0.29, 0.717) is 24.7 Å². The average Bonchev–Trinajstić information content (AvgIpc) is 2.87. The fraction of sp³-hybridized carbons (Fsp3) is 0.333. The van der Waals surface area contributed by atoms with Gasteiger partial charge in [-0.1, -0.05) is 6.07 Å². The Balaban J connectivity index is 2.29. The Kier molecular flexibility index (Phi) is 5.46. The van der Waals surface area contributed by atoms with E-state index < -0.39 is 6.10 Å². The lowest BCUT2D eigenvalue weighted by molar-refractivity contribution is 0.222. The summed E-state index contributed by atoms with van der Waals surface area (Å²) >= 11 is 4.92. The molecule has 2 aromatic rings. The molecule has 0 amide bonds. The minimum atomic E-state index is -0.652. The lowest BCUT2D eigenvalue weighted by Gasteiger charge is -2.14. The monoisotopic (exact) mass is 356 g/mol. The summed E-state index contributed by atoms with van der Waals surface area (Å²) in [4.78, 5) is 0.892. The molecular weight excluding hydrogens is 340 g/mol. The number of aliphatic hydroxyl groups is 1. The normalized spacial score (nSPS) is 12.2. The molecule has 5 heteroatoms. The lowest BCUT2D eigenvalue weighted by atomic mass is 10.1. The van der Waals surface area contributed by atoms with Crippen LogP contribution in [0, 0.1) is 0 Å². The molecule has 0 aliphatic rings. The van der Waals surface area contributed by atoms with Crippen molar-refractivity contribution in [2.75, 3.05) is 13.2 Å². The van der Waals surface area contributed by atoms with Crippen LogP contribution in [0.1, 0.15) is 30.4 Å². The minimum absolute atomic E-state index is 0.560. The largest absolute Gasteiger partial charge is 0.490 e. The van der Waals surface area contributed by atoms with Gasteiger partial charge >= 0.3 is 0 Å².